The predicted octanol–water partition coefficient (Wildman–Crippen LogP) is 3.21. The van der Waals surface area contributed by atoms with Gasteiger partial charge in [0.15, 0.2) is 0 Å². The van der Waals surface area contributed by atoms with E-state index in [4.69, 9.17) is 0 Å². The molecule has 0 spiro atoms. The SMILES string of the molecule is CN(Cc1ccc2nsnc2c1)C(=O)c1cccc(Cn2cccn2)c1. The lowest BCUT2D eigenvalue weighted by Crippen LogP contribution is -2.26. The molecule has 6 nitrogen and oxygen atoms in total. The van der Waals surface area contributed by atoms with Crippen LogP contribution < -0.4 is 0 Å². The van der Waals surface area contributed by atoms with Gasteiger partial charge in [0.2, 0.25) is 0 Å². The van der Waals surface area contributed by atoms with Gasteiger partial charge in [0.05, 0.1) is 18.3 Å². The van der Waals surface area contributed by atoms with Gasteiger partial charge in [-0.05, 0) is 41.5 Å². The van der Waals surface area contributed by atoms with E-state index in [1.165, 1.54) is 11.7 Å². The van der Waals surface area contributed by atoms with E-state index in [2.05, 4.69) is 13.8 Å². The third kappa shape index (κ3) is 3.48. The van der Waals surface area contributed by atoms with Crippen molar-refractivity contribution >= 4 is 28.7 Å². The van der Waals surface area contributed by atoms with E-state index in [0.29, 0.717) is 18.7 Å². The summed E-state index contributed by atoms with van der Waals surface area (Å²) < 4.78 is 10.3. The number of hydrogen-bond donors (Lipinski definition) is 0. The van der Waals surface area contributed by atoms with Gasteiger partial charge in [-0.15, -0.1) is 0 Å². The number of fused-ring (bicyclic) bond motifs is 1. The molecule has 0 atom stereocenters. The monoisotopic (exact) mass is 363 g/mol. The first-order chi connectivity index (χ1) is 12.7. The smallest absolute Gasteiger partial charge is 0.253 e. The lowest BCUT2D eigenvalue weighted by Gasteiger charge is -2.18. The number of rotatable bonds is 5. The molecule has 0 aliphatic heterocycles. The van der Waals surface area contributed by atoms with E-state index in [1.54, 1.807) is 11.1 Å². The van der Waals surface area contributed by atoms with Gasteiger partial charge >= 0.3 is 0 Å². The van der Waals surface area contributed by atoms with E-state index < -0.39 is 0 Å². The van der Waals surface area contributed by atoms with Crippen LogP contribution in [0, 0.1) is 0 Å². The minimum atomic E-state index is -0.0104. The van der Waals surface area contributed by atoms with E-state index >= 15 is 0 Å². The van der Waals surface area contributed by atoms with Crippen molar-refractivity contribution in [2.75, 3.05) is 7.05 Å². The molecule has 0 fully saturated rings. The van der Waals surface area contributed by atoms with Crippen LogP contribution in [0.4, 0.5) is 0 Å². The number of aromatic nitrogens is 4. The fourth-order valence-corrected chi connectivity index (χ4v) is 3.39. The minimum absolute atomic E-state index is 0.0104. The van der Waals surface area contributed by atoms with Gasteiger partial charge in [-0.3, -0.25) is 9.48 Å². The summed E-state index contributed by atoms with van der Waals surface area (Å²) in [6, 6.07) is 15.5. The maximum atomic E-state index is 12.8. The summed E-state index contributed by atoms with van der Waals surface area (Å²) in [5.41, 5.74) is 4.51. The van der Waals surface area contributed by atoms with Crippen LogP contribution in [0.2, 0.25) is 0 Å². The third-order valence-corrected chi connectivity index (χ3v) is 4.72. The van der Waals surface area contributed by atoms with E-state index in [-0.39, 0.29) is 5.91 Å². The van der Waals surface area contributed by atoms with Gasteiger partial charge in [-0.1, -0.05) is 18.2 Å². The molecule has 1 amide bonds. The van der Waals surface area contributed by atoms with Crippen LogP contribution in [0.25, 0.3) is 11.0 Å². The van der Waals surface area contributed by atoms with Crippen LogP contribution in [-0.2, 0) is 13.1 Å². The second-order valence-electron chi connectivity index (χ2n) is 6.15. The maximum Gasteiger partial charge on any atom is 0.253 e. The molecule has 4 rings (SSSR count). The number of hydrogen-bond acceptors (Lipinski definition) is 5. The number of carbonyl (C=O) groups is 1. The zero-order valence-corrected chi connectivity index (χ0v) is 15.1. The molecule has 0 bridgehead atoms. The Morgan fingerprint density at radius 1 is 1.08 bits per heavy atom. The van der Waals surface area contributed by atoms with E-state index in [9.17, 15) is 4.79 Å². The van der Waals surface area contributed by atoms with Crippen LogP contribution in [0.5, 0.6) is 0 Å². The average Bonchev–Trinajstić information content (AvgIpc) is 3.32. The standard InChI is InChI=1S/C19H17N5OS/c1-23(12-15-6-7-17-18(11-15)22-26-21-17)19(25)16-5-2-4-14(10-16)13-24-9-3-8-20-24/h2-11H,12-13H2,1H3. The number of nitrogens with zero attached hydrogens (tertiary/aromatic N) is 5. The Morgan fingerprint density at radius 3 is 2.81 bits per heavy atom. The fourth-order valence-electron chi connectivity index (χ4n) is 2.88. The van der Waals surface area contributed by atoms with Crippen molar-refractivity contribution in [2.45, 2.75) is 13.1 Å². The molecule has 2 heterocycles. The molecule has 130 valence electrons. The molecule has 0 N–H and O–H groups in total. The zero-order valence-electron chi connectivity index (χ0n) is 14.2. The predicted molar refractivity (Wildman–Crippen MR) is 101 cm³/mol. The summed E-state index contributed by atoms with van der Waals surface area (Å²) >= 11 is 1.20. The minimum Gasteiger partial charge on any atom is -0.337 e. The summed E-state index contributed by atoms with van der Waals surface area (Å²) in [6.45, 7) is 1.17. The Labute approximate surface area is 155 Å². The zero-order chi connectivity index (χ0) is 17.9. The maximum absolute atomic E-state index is 12.8. The average molecular weight is 363 g/mol. The van der Waals surface area contributed by atoms with Gasteiger partial charge < -0.3 is 4.90 Å². The number of carbonyl (C=O) groups excluding carboxylic acids is 1. The molecule has 7 heteroatoms. The van der Waals surface area contributed by atoms with Crippen LogP contribution >= 0.6 is 11.7 Å². The second kappa shape index (κ2) is 7.05. The molecule has 26 heavy (non-hydrogen) atoms. The summed E-state index contributed by atoms with van der Waals surface area (Å²) in [4.78, 5) is 14.5. The van der Waals surface area contributed by atoms with Crippen molar-refractivity contribution in [3.63, 3.8) is 0 Å². The van der Waals surface area contributed by atoms with E-state index in [1.807, 2.05) is 66.5 Å². The van der Waals surface area contributed by atoms with Crippen molar-refractivity contribution in [1.82, 2.24) is 23.4 Å². The molecular formula is C19H17N5OS. The molecule has 0 radical (unpaired) electrons. The highest BCUT2D eigenvalue weighted by Crippen LogP contribution is 2.16. The Bertz CT molecular complexity index is 1040. The lowest BCUT2D eigenvalue weighted by molar-refractivity contribution is 0.0785. The summed E-state index contributed by atoms with van der Waals surface area (Å²) in [7, 11) is 1.81. The molecule has 0 aliphatic carbocycles. The molecule has 0 saturated carbocycles. The second-order valence-corrected chi connectivity index (χ2v) is 6.68. The summed E-state index contributed by atoms with van der Waals surface area (Å²) in [5.74, 6) is -0.0104. The molecule has 0 unspecified atom stereocenters. The summed E-state index contributed by atoms with van der Waals surface area (Å²) in [5, 5.41) is 4.21. The fraction of sp³-hybridized carbons (Fsp3) is 0.158. The highest BCUT2D eigenvalue weighted by Gasteiger charge is 2.13. The van der Waals surface area contributed by atoms with Gasteiger partial charge in [-0.2, -0.15) is 13.8 Å². The highest BCUT2D eigenvalue weighted by atomic mass is 32.1. The summed E-state index contributed by atoms with van der Waals surface area (Å²) in [6.07, 6.45) is 3.65. The normalized spacial score (nSPS) is 11.0. The number of benzene rings is 2. The van der Waals surface area contributed by atoms with Gasteiger partial charge in [-0.25, -0.2) is 0 Å². The van der Waals surface area contributed by atoms with E-state index in [0.717, 1.165) is 22.2 Å². The Morgan fingerprint density at radius 2 is 1.96 bits per heavy atom. The third-order valence-electron chi connectivity index (χ3n) is 4.16. The van der Waals surface area contributed by atoms with Gasteiger partial charge in [0, 0.05) is 31.5 Å². The van der Waals surface area contributed by atoms with Crippen LogP contribution in [0.15, 0.2) is 60.9 Å². The van der Waals surface area contributed by atoms with Crippen LogP contribution in [0.1, 0.15) is 21.5 Å². The largest absolute Gasteiger partial charge is 0.337 e. The number of amides is 1. The van der Waals surface area contributed by atoms with Crippen molar-refractivity contribution in [3.05, 3.63) is 77.6 Å². The molecule has 0 aliphatic rings. The van der Waals surface area contributed by atoms with Gasteiger partial charge in [0.25, 0.3) is 5.91 Å². The first-order valence-corrected chi connectivity index (χ1v) is 8.95. The van der Waals surface area contributed by atoms with Crippen LogP contribution in [-0.4, -0.2) is 36.4 Å². The molecule has 0 saturated heterocycles. The molecule has 2 aromatic heterocycles. The molecule has 4 aromatic rings. The van der Waals surface area contributed by atoms with Gasteiger partial charge in [0.1, 0.15) is 11.0 Å². The lowest BCUT2D eigenvalue weighted by atomic mass is 10.1. The highest BCUT2D eigenvalue weighted by molar-refractivity contribution is 7.00. The first kappa shape index (κ1) is 16.4. The van der Waals surface area contributed by atoms with Crippen LogP contribution in [0.3, 0.4) is 0 Å². The van der Waals surface area contributed by atoms with Crippen molar-refractivity contribution in [2.24, 2.45) is 0 Å². The molecule has 2 aromatic carbocycles. The first-order valence-electron chi connectivity index (χ1n) is 8.22. The topological polar surface area (TPSA) is 63.9 Å². The Hall–Kier alpha value is -3.06. The Balaban J connectivity index is 1.49. The Kier molecular flexibility index (Phi) is 4.45. The van der Waals surface area contributed by atoms with Crippen molar-refractivity contribution in [3.8, 4) is 0 Å². The van der Waals surface area contributed by atoms with Crippen molar-refractivity contribution < 1.29 is 4.79 Å². The molecular weight excluding hydrogens is 346 g/mol. The quantitative estimate of drug-likeness (QED) is 0.546. The van der Waals surface area contributed by atoms with Crippen molar-refractivity contribution in [1.29, 1.82) is 0 Å².